The van der Waals surface area contributed by atoms with E-state index in [4.69, 9.17) is 16.3 Å². The summed E-state index contributed by atoms with van der Waals surface area (Å²) in [5.41, 5.74) is -0.214. The van der Waals surface area contributed by atoms with Crippen molar-refractivity contribution in [3.8, 4) is 5.75 Å². The fourth-order valence-corrected chi connectivity index (χ4v) is 1.51. The van der Waals surface area contributed by atoms with Gasteiger partial charge < -0.3 is 4.74 Å². The first-order valence-electron chi connectivity index (χ1n) is 4.99. The van der Waals surface area contributed by atoms with Crippen molar-refractivity contribution in [3.05, 3.63) is 21.8 Å². The zero-order valence-corrected chi connectivity index (χ0v) is 9.75. The summed E-state index contributed by atoms with van der Waals surface area (Å²) in [6.45, 7) is 2.77. The fraction of sp³-hybridized carbons (Fsp3) is 0.600. The molecule has 0 saturated heterocycles. The van der Waals surface area contributed by atoms with Gasteiger partial charge in [-0.1, -0.05) is 31.4 Å². The highest BCUT2D eigenvalue weighted by molar-refractivity contribution is 6.30. The monoisotopic (exact) mass is 230 g/mol. The summed E-state index contributed by atoms with van der Waals surface area (Å²) in [7, 11) is 1.42. The second-order valence-electron chi connectivity index (χ2n) is 3.27. The van der Waals surface area contributed by atoms with Crippen LogP contribution in [0.25, 0.3) is 0 Å². The molecule has 1 rings (SSSR count). The number of hydrogen-bond acceptors (Lipinski definition) is 3. The lowest BCUT2D eigenvalue weighted by atomic mass is 10.2. The summed E-state index contributed by atoms with van der Waals surface area (Å²) in [6.07, 6.45) is 4.63. The van der Waals surface area contributed by atoms with Gasteiger partial charge in [-0.25, -0.2) is 4.98 Å². The molecule has 1 aromatic heterocycles. The minimum absolute atomic E-state index is 0.120. The van der Waals surface area contributed by atoms with E-state index in [0.717, 1.165) is 19.3 Å². The van der Waals surface area contributed by atoms with Crippen molar-refractivity contribution in [2.24, 2.45) is 0 Å². The first-order chi connectivity index (χ1) is 7.20. The molecule has 0 amide bonds. The number of unbranched alkanes of at least 4 members (excludes halogenated alkanes) is 2. The first kappa shape index (κ1) is 12.0. The molecule has 0 bridgehead atoms. The third-order valence-corrected chi connectivity index (χ3v) is 2.43. The van der Waals surface area contributed by atoms with Gasteiger partial charge in [0.05, 0.1) is 13.4 Å². The molecule has 0 aromatic carbocycles. The molecule has 1 aromatic rings. The molecule has 0 N–H and O–H groups in total. The molecule has 0 spiro atoms. The van der Waals surface area contributed by atoms with E-state index in [1.54, 1.807) is 0 Å². The van der Waals surface area contributed by atoms with Crippen molar-refractivity contribution >= 4 is 11.6 Å². The Bertz CT molecular complexity index is 376. The molecule has 0 atom stereocenters. The average Bonchev–Trinajstić information content (AvgIpc) is 2.22. The van der Waals surface area contributed by atoms with Crippen LogP contribution in [0.5, 0.6) is 5.75 Å². The standard InChI is InChI=1S/C10H15ClN2O2/c1-3-4-5-6-13-7-12-9(11)8(15-2)10(13)14/h7H,3-6H2,1-2H3. The van der Waals surface area contributed by atoms with Gasteiger partial charge in [0.15, 0.2) is 5.15 Å². The number of hydrogen-bond donors (Lipinski definition) is 0. The second-order valence-corrected chi connectivity index (χ2v) is 3.63. The van der Waals surface area contributed by atoms with Crippen LogP contribution in [-0.4, -0.2) is 16.7 Å². The number of methoxy groups -OCH3 is 1. The van der Waals surface area contributed by atoms with Gasteiger partial charge in [-0.15, -0.1) is 0 Å². The number of rotatable bonds is 5. The Morgan fingerprint density at radius 2 is 2.27 bits per heavy atom. The van der Waals surface area contributed by atoms with Gasteiger partial charge in [0, 0.05) is 6.54 Å². The summed E-state index contributed by atoms with van der Waals surface area (Å²) < 4.78 is 6.42. The molecule has 5 heteroatoms. The lowest BCUT2D eigenvalue weighted by Gasteiger charge is -2.07. The highest BCUT2D eigenvalue weighted by Crippen LogP contribution is 2.14. The lowest BCUT2D eigenvalue weighted by molar-refractivity contribution is 0.398. The summed E-state index contributed by atoms with van der Waals surface area (Å²) in [4.78, 5) is 15.6. The van der Waals surface area contributed by atoms with Gasteiger partial charge >= 0.3 is 0 Å². The summed E-state index contributed by atoms with van der Waals surface area (Å²) in [5.74, 6) is 0.121. The van der Waals surface area contributed by atoms with Crippen LogP contribution < -0.4 is 10.3 Å². The maximum Gasteiger partial charge on any atom is 0.297 e. The van der Waals surface area contributed by atoms with Crippen molar-refractivity contribution in [1.82, 2.24) is 9.55 Å². The predicted molar refractivity (Wildman–Crippen MR) is 59.6 cm³/mol. The van der Waals surface area contributed by atoms with Crippen LogP contribution in [0.1, 0.15) is 26.2 Å². The quantitative estimate of drug-likeness (QED) is 0.575. The molecule has 15 heavy (non-hydrogen) atoms. The normalized spacial score (nSPS) is 10.3. The second kappa shape index (κ2) is 5.75. The molecule has 0 fully saturated rings. The minimum atomic E-state index is -0.214. The summed E-state index contributed by atoms with van der Waals surface area (Å²) in [6, 6.07) is 0. The van der Waals surface area contributed by atoms with Crippen molar-refractivity contribution in [1.29, 1.82) is 0 Å². The SMILES string of the molecule is CCCCCn1cnc(Cl)c(OC)c1=O. The van der Waals surface area contributed by atoms with Crippen molar-refractivity contribution in [2.45, 2.75) is 32.7 Å². The zero-order chi connectivity index (χ0) is 11.3. The Balaban J connectivity index is 2.86. The van der Waals surface area contributed by atoms with Gasteiger partial charge in [-0.2, -0.15) is 0 Å². The molecular weight excluding hydrogens is 216 g/mol. The zero-order valence-electron chi connectivity index (χ0n) is 8.99. The van der Waals surface area contributed by atoms with Crippen LogP contribution in [0.4, 0.5) is 0 Å². The number of halogens is 1. The molecule has 4 nitrogen and oxygen atoms in total. The number of aryl methyl sites for hydroxylation is 1. The Morgan fingerprint density at radius 1 is 1.53 bits per heavy atom. The molecular formula is C10H15ClN2O2. The van der Waals surface area contributed by atoms with E-state index in [0.29, 0.717) is 6.54 Å². The molecule has 0 unspecified atom stereocenters. The van der Waals surface area contributed by atoms with E-state index in [1.807, 2.05) is 0 Å². The summed E-state index contributed by atoms with van der Waals surface area (Å²) >= 11 is 5.71. The van der Waals surface area contributed by atoms with E-state index in [-0.39, 0.29) is 16.5 Å². The fourth-order valence-electron chi connectivity index (χ4n) is 1.31. The van der Waals surface area contributed by atoms with E-state index in [9.17, 15) is 4.79 Å². The minimum Gasteiger partial charge on any atom is -0.489 e. The van der Waals surface area contributed by atoms with Gasteiger partial charge in [0.1, 0.15) is 0 Å². The number of ether oxygens (including phenoxy) is 1. The lowest BCUT2D eigenvalue weighted by Crippen LogP contribution is -2.22. The Labute approximate surface area is 93.8 Å². The van der Waals surface area contributed by atoms with E-state index < -0.39 is 0 Å². The van der Waals surface area contributed by atoms with E-state index in [2.05, 4.69) is 11.9 Å². The predicted octanol–water partition coefficient (Wildman–Crippen LogP) is 2.10. The number of nitrogens with zero attached hydrogens (tertiary/aromatic N) is 2. The molecule has 0 aliphatic heterocycles. The third kappa shape index (κ3) is 2.96. The van der Waals surface area contributed by atoms with Crippen molar-refractivity contribution in [3.63, 3.8) is 0 Å². The average molecular weight is 231 g/mol. The van der Waals surface area contributed by atoms with Gasteiger partial charge in [-0.3, -0.25) is 9.36 Å². The smallest absolute Gasteiger partial charge is 0.297 e. The van der Waals surface area contributed by atoms with Gasteiger partial charge in [0.2, 0.25) is 5.75 Å². The number of aromatic nitrogens is 2. The highest BCUT2D eigenvalue weighted by Gasteiger charge is 2.09. The third-order valence-electron chi connectivity index (χ3n) is 2.16. The van der Waals surface area contributed by atoms with Crippen LogP contribution in [-0.2, 0) is 6.54 Å². The van der Waals surface area contributed by atoms with E-state index >= 15 is 0 Å². The Hall–Kier alpha value is -1.03. The first-order valence-corrected chi connectivity index (χ1v) is 5.37. The van der Waals surface area contributed by atoms with Crippen molar-refractivity contribution in [2.75, 3.05) is 7.11 Å². The topological polar surface area (TPSA) is 44.1 Å². The maximum absolute atomic E-state index is 11.7. The van der Waals surface area contributed by atoms with Crippen LogP contribution in [0.2, 0.25) is 5.15 Å². The van der Waals surface area contributed by atoms with Crippen molar-refractivity contribution < 1.29 is 4.74 Å². The van der Waals surface area contributed by atoms with Crippen LogP contribution in [0.3, 0.4) is 0 Å². The Kier molecular flexibility index (Phi) is 4.62. The highest BCUT2D eigenvalue weighted by atomic mass is 35.5. The molecule has 0 aliphatic rings. The maximum atomic E-state index is 11.7. The van der Waals surface area contributed by atoms with Gasteiger partial charge in [-0.05, 0) is 6.42 Å². The van der Waals surface area contributed by atoms with Gasteiger partial charge in [0.25, 0.3) is 5.56 Å². The van der Waals surface area contributed by atoms with Crippen LogP contribution in [0, 0.1) is 0 Å². The molecule has 1 heterocycles. The Morgan fingerprint density at radius 3 is 2.87 bits per heavy atom. The summed E-state index contributed by atoms with van der Waals surface area (Å²) in [5, 5.41) is 0.120. The van der Waals surface area contributed by atoms with Crippen LogP contribution >= 0.6 is 11.6 Å². The van der Waals surface area contributed by atoms with Crippen LogP contribution in [0.15, 0.2) is 11.1 Å². The molecule has 84 valence electrons. The molecule has 0 radical (unpaired) electrons. The van der Waals surface area contributed by atoms with E-state index in [1.165, 1.54) is 18.0 Å². The largest absolute Gasteiger partial charge is 0.489 e. The molecule has 0 saturated carbocycles. The molecule has 0 aliphatic carbocycles.